The van der Waals surface area contributed by atoms with E-state index in [4.69, 9.17) is 4.74 Å². The average Bonchev–Trinajstić information content (AvgIpc) is 3.16. The molecular weight excluding hydrogens is 498 g/mol. The number of fused-ring (bicyclic) bond motifs is 2. The Balaban J connectivity index is 1.09. The molecule has 3 aromatic carbocycles. The Kier molecular flexibility index (Phi) is 8.31. The highest BCUT2D eigenvalue weighted by Crippen LogP contribution is 2.26. The van der Waals surface area contributed by atoms with Gasteiger partial charge in [0.1, 0.15) is 5.75 Å². The lowest BCUT2D eigenvalue weighted by molar-refractivity contribution is -0.131. The Labute approximate surface area is 225 Å². The fraction of sp³-hybridized carbons (Fsp3) is 0.433. The zero-order valence-corrected chi connectivity index (χ0v) is 22.8. The fourth-order valence-electron chi connectivity index (χ4n) is 5.71. The van der Waals surface area contributed by atoms with Gasteiger partial charge in [-0.25, -0.2) is 13.1 Å². The molecule has 1 unspecified atom stereocenters. The molecule has 2 N–H and O–H groups in total. The number of nitrogens with one attached hydrogen (secondary N) is 2. The van der Waals surface area contributed by atoms with E-state index in [0.717, 1.165) is 55.0 Å². The van der Waals surface area contributed by atoms with E-state index in [1.54, 1.807) is 19.2 Å². The van der Waals surface area contributed by atoms with E-state index >= 15 is 0 Å². The Morgan fingerprint density at radius 1 is 1.00 bits per heavy atom. The van der Waals surface area contributed by atoms with Crippen LogP contribution in [0.1, 0.15) is 36.8 Å². The predicted octanol–water partition coefficient (Wildman–Crippen LogP) is 3.90. The minimum atomic E-state index is -3.61. The highest BCUT2D eigenvalue weighted by molar-refractivity contribution is 7.89. The van der Waals surface area contributed by atoms with Gasteiger partial charge >= 0.3 is 0 Å². The highest BCUT2D eigenvalue weighted by atomic mass is 32.2. The molecule has 3 aromatic rings. The molecule has 1 saturated heterocycles. The summed E-state index contributed by atoms with van der Waals surface area (Å²) in [6, 6.07) is 19.4. The number of benzene rings is 3. The van der Waals surface area contributed by atoms with Gasteiger partial charge in [0.15, 0.2) is 0 Å². The van der Waals surface area contributed by atoms with Crippen LogP contribution in [0.5, 0.6) is 5.75 Å². The Morgan fingerprint density at radius 2 is 1.79 bits per heavy atom. The van der Waals surface area contributed by atoms with Crippen LogP contribution in [0.15, 0.2) is 65.6 Å². The Hall–Kier alpha value is -2.94. The lowest BCUT2D eigenvalue weighted by Gasteiger charge is -2.32. The number of sulfonamides is 1. The van der Waals surface area contributed by atoms with Gasteiger partial charge in [0, 0.05) is 31.1 Å². The molecule has 8 heteroatoms. The molecule has 7 nitrogen and oxygen atoms in total. The van der Waals surface area contributed by atoms with Crippen molar-refractivity contribution >= 4 is 26.7 Å². The zero-order valence-electron chi connectivity index (χ0n) is 22.0. The fourth-order valence-corrected chi connectivity index (χ4v) is 7.05. The van der Waals surface area contributed by atoms with Crippen molar-refractivity contribution in [1.82, 2.24) is 14.9 Å². The number of hydrogen-bond acceptors (Lipinski definition) is 5. The first-order chi connectivity index (χ1) is 18.4. The molecule has 0 radical (unpaired) electrons. The number of carbonyl (C=O) groups is 1. The topological polar surface area (TPSA) is 87.7 Å². The number of amides is 1. The van der Waals surface area contributed by atoms with Gasteiger partial charge in [-0.05, 0) is 79.2 Å². The first kappa shape index (κ1) is 26.7. The summed E-state index contributed by atoms with van der Waals surface area (Å²) < 4.78 is 34.3. The normalized spacial score (nSPS) is 18.7. The number of methoxy groups -OCH3 is 1. The van der Waals surface area contributed by atoms with Crippen molar-refractivity contribution in [3.8, 4) is 5.75 Å². The largest absolute Gasteiger partial charge is 0.497 e. The van der Waals surface area contributed by atoms with Crippen LogP contribution >= 0.6 is 0 Å². The second-order valence-electron chi connectivity index (χ2n) is 10.5. The van der Waals surface area contributed by atoms with E-state index in [-0.39, 0.29) is 17.9 Å². The number of likely N-dealkylation sites (tertiary alicyclic amines) is 1. The maximum Gasteiger partial charge on any atom is 0.241 e. The van der Waals surface area contributed by atoms with Crippen LogP contribution in [0, 0.1) is 5.92 Å². The quantitative estimate of drug-likeness (QED) is 0.427. The second kappa shape index (κ2) is 11.8. The number of ether oxygens (including phenoxy) is 1. The second-order valence-corrected chi connectivity index (χ2v) is 12.2. The molecule has 1 fully saturated rings. The molecule has 1 heterocycles. The van der Waals surface area contributed by atoms with Crippen LogP contribution in [0.2, 0.25) is 0 Å². The van der Waals surface area contributed by atoms with Gasteiger partial charge in [0.05, 0.1) is 18.6 Å². The van der Waals surface area contributed by atoms with Gasteiger partial charge in [0.2, 0.25) is 15.9 Å². The van der Waals surface area contributed by atoms with Crippen molar-refractivity contribution in [2.75, 3.05) is 33.3 Å². The molecule has 1 amide bonds. The smallest absolute Gasteiger partial charge is 0.241 e. The molecule has 0 saturated carbocycles. The number of piperidine rings is 1. The van der Waals surface area contributed by atoms with Crippen molar-refractivity contribution in [3.05, 3.63) is 71.8 Å². The van der Waals surface area contributed by atoms with Crippen LogP contribution in [-0.2, 0) is 27.7 Å². The van der Waals surface area contributed by atoms with E-state index in [1.807, 2.05) is 41.3 Å². The van der Waals surface area contributed by atoms with Crippen molar-refractivity contribution in [1.29, 1.82) is 0 Å². The summed E-state index contributed by atoms with van der Waals surface area (Å²) in [7, 11) is -1.92. The maximum atomic E-state index is 13.0. The summed E-state index contributed by atoms with van der Waals surface area (Å²) >= 11 is 0. The summed E-state index contributed by atoms with van der Waals surface area (Å²) in [5.74, 6) is 1.21. The van der Waals surface area contributed by atoms with Gasteiger partial charge in [0.25, 0.3) is 0 Å². The Bertz CT molecular complexity index is 1380. The summed E-state index contributed by atoms with van der Waals surface area (Å²) in [4.78, 5) is 15.2. The van der Waals surface area contributed by atoms with E-state index in [0.29, 0.717) is 31.1 Å². The van der Waals surface area contributed by atoms with Crippen LogP contribution in [0.4, 0.5) is 0 Å². The van der Waals surface area contributed by atoms with Crippen LogP contribution < -0.4 is 14.8 Å². The van der Waals surface area contributed by atoms with Gasteiger partial charge in [-0.2, -0.15) is 0 Å². The van der Waals surface area contributed by atoms with E-state index < -0.39 is 10.0 Å². The summed E-state index contributed by atoms with van der Waals surface area (Å²) in [6.45, 7) is 2.04. The summed E-state index contributed by atoms with van der Waals surface area (Å²) in [5, 5.41) is 5.14. The average molecular weight is 536 g/mol. The number of nitrogens with zero attached hydrogens (tertiary/aromatic N) is 1. The molecule has 5 rings (SSSR count). The third-order valence-corrected chi connectivity index (χ3v) is 9.47. The highest BCUT2D eigenvalue weighted by Gasteiger charge is 2.26. The number of rotatable bonds is 8. The number of aryl methyl sites for hydroxylation is 1. The third kappa shape index (κ3) is 6.20. The monoisotopic (exact) mass is 535 g/mol. The van der Waals surface area contributed by atoms with E-state index in [9.17, 15) is 13.2 Å². The van der Waals surface area contributed by atoms with Crippen molar-refractivity contribution in [3.63, 3.8) is 0 Å². The molecule has 0 aromatic heterocycles. The maximum absolute atomic E-state index is 13.0. The zero-order chi connectivity index (χ0) is 26.5. The van der Waals surface area contributed by atoms with Crippen LogP contribution in [0.25, 0.3) is 10.8 Å². The molecule has 2 aliphatic rings. The Morgan fingerprint density at radius 3 is 2.61 bits per heavy atom. The number of carbonyl (C=O) groups excluding carboxylic acids is 1. The first-order valence-corrected chi connectivity index (χ1v) is 15.1. The lowest BCUT2D eigenvalue weighted by Crippen LogP contribution is -2.46. The van der Waals surface area contributed by atoms with Crippen LogP contribution in [-0.4, -0.2) is 58.6 Å². The molecular formula is C30H37N3O4S. The molecule has 1 aliphatic heterocycles. The molecule has 0 spiro atoms. The molecule has 202 valence electrons. The number of hydrogen-bond donors (Lipinski definition) is 2. The van der Waals surface area contributed by atoms with Gasteiger partial charge in [-0.3, -0.25) is 4.79 Å². The molecule has 0 bridgehead atoms. The van der Waals surface area contributed by atoms with Gasteiger partial charge in [-0.15, -0.1) is 0 Å². The molecule has 38 heavy (non-hydrogen) atoms. The minimum Gasteiger partial charge on any atom is -0.497 e. The van der Waals surface area contributed by atoms with Gasteiger partial charge < -0.3 is 15.0 Å². The van der Waals surface area contributed by atoms with E-state index in [2.05, 4.69) is 22.2 Å². The summed E-state index contributed by atoms with van der Waals surface area (Å²) in [5.41, 5.74) is 2.68. The molecule has 1 atom stereocenters. The lowest BCUT2D eigenvalue weighted by atomic mass is 9.97. The van der Waals surface area contributed by atoms with E-state index in [1.165, 1.54) is 11.1 Å². The predicted molar refractivity (Wildman–Crippen MR) is 150 cm³/mol. The third-order valence-electron chi connectivity index (χ3n) is 7.99. The van der Waals surface area contributed by atoms with Crippen molar-refractivity contribution in [2.24, 2.45) is 5.92 Å². The van der Waals surface area contributed by atoms with Crippen molar-refractivity contribution in [2.45, 2.75) is 49.5 Å². The summed E-state index contributed by atoms with van der Waals surface area (Å²) in [6.07, 6.45) is 5.69. The van der Waals surface area contributed by atoms with Crippen molar-refractivity contribution < 1.29 is 17.9 Å². The van der Waals surface area contributed by atoms with Crippen LogP contribution in [0.3, 0.4) is 0 Å². The molecule has 1 aliphatic carbocycles. The minimum absolute atomic E-state index is 0.120. The standard InChI is InChI=1S/C30H37N3O4S/c1-37-27-13-12-23-7-4-9-26(18-25(23)19-27)31-21-30(34)33-16-14-22(15-17-33)20-32-38(35,36)29-11-5-8-24-6-2-3-10-28(24)29/h2-3,5-6,8,10-13,19,22,26,31-32H,4,7,9,14-18,20-21H2,1H3. The first-order valence-electron chi connectivity index (χ1n) is 13.6. The SMILES string of the molecule is COc1ccc2c(c1)CC(NCC(=O)N1CCC(CNS(=O)(=O)c3cccc4ccccc34)CC1)CCC2. The van der Waals surface area contributed by atoms with Gasteiger partial charge in [-0.1, -0.05) is 42.5 Å².